The molecule has 2 aromatic carbocycles. The van der Waals surface area contributed by atoms with Gasteiger partial charge in [-0.2, -0.15) is 0 Å². The van der Waals surface area contributed by atoms with Gasteiger partial charge in [0, 0.05) is 17.3 Å². The number of hydrogen-bond acceptors (Lipinski definition) is 3. The average molecular weight is 364 g/mol. The molecular formula is C18H21FN2O3S. The maximum atomic E-state index is 14.0. The topological polar surface area (TPSA) is 75.3 Å². The first-order valence-electron chi connectivity index (χ1n) is 7.93. The van der Waals surface area contributed by atoms with Gasteiger partial charge in [-0.1, -0.05) is 19.1 Å². The molecule has 1 atom stereocenters. The van der Waals surface area contributed by atoms with E-state index in [0.29, 0.717) is 12.1 Å². The van der Waals surface area contributed by atoms with Crippen molar-refractivity contribution in [2.45, 2.75) is 38.1 Å². The van der Waals surface area contributed by atoms with Gasteiger partial charge in [-0.15, -0.1) is 0 Å². The quantitative estimate of drug-likeness (QED) is 0.824. The van der Waals surface area contributed by atoms with Crippen LogP contribution in [0, 0.1) is 12.7 Å². The second-order valence-corrected chi connectivity index (χ2v) is 7.58. The van der Waals surface area contributed by atoms with Gasteiger partial charge in [-0.25, -0.2) is 17.5 Å². The zero-order valence-corrected chi connectivity index (χ0v) is 15.2. The maximum Gasteiger partial charge on any atom is 0.255 e. The van der Waals surface area contributed by atoms with Gasteiger partial charge in [0.15, 0.2) is 0 Å². The van der Waals surface area contributed by atoms with Crippen molar-refractivity contribution >= 4 is 21.6 Å². The molecule has 2 rings (SSSR count). The molecule has 25 heavy (non-hydrogen) atoms. The molecule has 0 bridgehead atoms. The summed E-state index contributed by atoms with van der Waals surface area (Å²) in [6.07, 6.45) is 0.564. The molecule has 2 aromatic rings. The minimum Gasteiger partial charge on any atom is -0.322 e. The number of anilines is 1. The highest BCUT2D eigenvalue weighted by Crippen LogP contribution is 2.19. The molecule has 0 radical (unpaired) electrons. The zero-order chi connectivity index (χ0) is 18.6. The van der Waals surface area contributed by atoms with E-state index < -0.39 is 26.6 Å². The van der Waals surface area contributed by atoms with Crippen molar-refractivity contribution in [1.82, 2.24) is 4.72 Å². The summed E-state index contributed by atoms with van der Waals surface area (Å²) in [5.41, 5.74) is 1.61. The Hall–Kier alpha value is -2.25. The first-order valence-corrected chi connectivity index (χ1v) is 9.41. The molecule has 0 fully saturated rings. The fraction of sp³-hybridized carbons (Fsp3) is 0.278. The van der Waals surface area contributed by atoms with Crippen LogP contribution in [-0.4, -0.2) is 20.4 Å². The van der Waals surface area contributed by atoms with Crippen LogP contribution in [0.1, 0.15) is 36.2 Å². The third kappa shape index (κ3) is 4.87. The predicted molar refractivity (Wildman–Crippen MR) is 95.6 cm³/mol. The van der Waals surface area contributed by atoms with Gasteiger partial charge >= 0.3 is 0 Å². The summed E-state index contributed by atoms with van der Waals surface area (Å²) in [6.45, 7) is 5.39. The summed E-state index contributed by atoms with van der Waals surface area (Å²) >= 11 is 0. The maximum absolute atomic E-state index is 14.0. The van der Waals surface area contributed by atoms with E-state index in [-0.39, 0.29) is 11.6 Å². The third-order valence-electron chi connectivity index (χ3n) is 3.73. The SMILES string of the molecule is CCC(C)NS(=O)(=O)c1cc(C(=O)Nc2cccc(C)c2)ccc1F. The second kappa shape index (κ2) is 7.76. The number of hydrogen-bond donors (Lipinski definition) is 2. The number of carbonyl (C=O) groups excluding carboxylic acids is 1. The van der Waals surface area contributed by atoms with Crippen molar-refractivity contribution in [3.63, 3.8) is 0 Å². The lowest BCUT2D eigenvalue weighted by Gasteiger charge is -2.13. The highest BCUT2D eigenvalue weighted by molar-refractivity contribution is 7.89. The Bertz CT molecular complexity index is 882. The van der Waals surface area contributed by atoms with Crippen LogP contribution in [0.4, 0.5) is 10.1 Å². The summed E-state index contributed by atoms with van der Waals surface area (Å²) in [6, 6.07) is 10.1. The molecule has 134 valence electrons. The molecule has 0 aliphatic carbocycles. The number of halogens is 1. The number of nitrogens with one attached hydrogen (secondary N) is 2. The molecule has 1 unspecified atom stereocenters. The van der Waals surface area contributed by atoms with E-state index in [9.17, 15) is 17.6 Å². The van der Waals surface area contributed by atoms with Crippen LogP contribution in [0.25, 0.3) is 0 Å². The van der Waals surface area contributed by atoms with Gasteiger partial charge in [-0.05, 0) is 56.2 Å². The van der Waals surface area contributed by atoms with E-state index in [1.165, 1.54) is 6.07 Å². The smallest absolute Gasteiger partial charge is 0.255 e. The number of sulfonamides is 1. The minimum atomic E-state index is -4.04. The minimum absolute atomic E-state index is 0.0624. The Morgan fingerprint density at radius 2 is 1.92 bits per heavy atom. The largest absolute Gasteiger partial charge is 0.322 e. The van der Waals surface area contributed by atoms with E-state index >= 15 is 0 Å². The lowest BCUT2D eigenvalue weighted by atomic mass is 10.2. The van der Waals surface area contributed by atoms with Gasteiger partial charge in [0.1, 0.15) is 10.7 Å². The molecular weight excluding hydrogens is 343 g/mol. The molecule has 0 aromatic heterocycles. The Kier molecular flexibility index (Phi) is 5.92. The lowest BCUT2D eigenvalue weighted by molar-refractivity contribution is 0.102. The fourth-order valence-corrected chi connectivity index (χ4v) is 3.62. The van der Waals surface area contributed by atoms with Crippen molar-refractivity contribution in [1.29, 1.82) is 0 Å². The van der Waals surface area contributed by atoms with E-state index in [2.05, 4.69) is 10.0 Å². The molecule has 0 aliphatic rings. The molecule has 7 heteroatoms. The van der Waals surface area contributed by atoms with E-state index in [4.69, 9.17) is 0 Å². The first-order chi connectivity index (χ1) is 11.7. The monoisotopic (exact) mass is 364 g/mol. The van der Waals surface area contributed by atoms with Crippen LogP contribution in [0.5, 0.6) is 0 Å². The van der Waals surface area contributed by atoms with Gasteiger partial charge in [-0.3, -0.25) is 4.79 Å². The van der Waals surface area contributed by atoms with Crippen LogP contribution >= 0.6 is 0 Å². The molecule has 0 spiro atoms. The second-order valence-electron chi connectivity index (χ2n) is 5.90. The van der Waals surface area contributed by atoms with Crippen molar-refractivity contribution in [2.75, 3.05) is 5.32 Å². The molecule has 5 nitrogen and oxygen atoms in total. The van der Waals surface area contributed by atoms with Crippen LogP contribution in [0.3, 0.4) is 0 Å². The van der Waals surface area contributed by atoms with Crippen molar-refractivity contribution in [3.8, 4) is 0 Å². The summed E-state index contributed by atoms with van der Waals surface area (Å²) in [4.78, 5) is 11.8. The first kappa shape index (κ1) is 19.1. The fourth-order valence-electron chi connectivity index (χ4n) is 2.19. The molecule has 0 aliphatic heterocycles. The summed E-state index contributed by atoms with van der Waals surface area (Å²) in [5.74, 6) is -1.41. The normalized spacial score (nSPS) is 12.6. The number of amides is 1. The number of aryl methyl sites for hydroxylation is 1. The van der Waals surface area contributed by atoms with Crippen molar-refractivity contribution < 1.29 is 17.6 Å². The lowest BCUT2D eigenvalue weighted by Crippen LogP contribution is -2.32. The standard InChI is InChI=1S/C18H21FN2O3S/c1-4-13(3)21-25(23,24)17-11-14(8-9-16(17)19)18(22)20-15-7-5-6-12(2)10-15/h5-11,13,21H,4H2,1-3H3,(H,20,22). The molecule has 2 N–H and O–H groups in total. The van der Waals surface area contributed by atoms with Crippen molar-refractivity contribution in [3.05, 3.63) is 59.4 Å². The van der Waals surface area contributed by atoms with Gasteiger partial charge in [0.2, 0.25) is 10.0 Å². The van der Waals surface area contributed by atoms with E-state index in [0.717, 1.165) is 17.7 Å². The van der Waals surface area contributed by atoms with Crippen LogP contribution in [-0.2, 0) is 10.0 Å². The van der Waals surface area contributed by atoms with Crippen LogP contribution < -0.4 is 10.0 Å². The van der Waals surface area contributed by atoms with Crippen molar-refractivity contribution in [2.24, 2.45) is 0 Å². The zero-order valence-electron chi connectivity index (χ0n) is 14.3. The Morgan fingerprint density at radius 1 is 1.20 bits per heavy atom. The molecule has 0 saturated carbocycles. The molecule has 1 amide bonds. The summed E-state index contributed by atoms with van der Waals surface area (Å²) < 4.78 is 41.0. The third-order valence-corrected chi connectivity index (χ3v) is 5.33. The van der Waals surface area contributed by atoms with E-state index in [1.807, 2.05) is 19.9 Å². The summed E-state index contributed by atoms with van der Waals surface area (Å²) in [5, 5.41) is 2.67. The molecule has 0 saturated heterocycles. The number of benzene rings is 2. The Balaban J connectivity index is 2.30. The highest BCUT2D eigenvalue weighted by Gasteiger charge is 2.22. The van der Waals surface area contributed by atoms with Gasteiger partial charge in [0.05, 0.1) is 0 Å². The number of rotatable bonds is 6. The van der Waals surface area contributed by atoms with Gasteiger partial charge in [0.25, 0.3) is 5.91 Å². The Labute approximate surface area is 147 Å². The Morgan fingerprint density at radius 3 is 2.56 bits per heavy atom. The van der Waals surface area contributed by atoms with Gasteiger partial charge < -0.3 is 5.32 Å². The predicted octanol–water partition coefficient (Wildman–Crippen LogP) is 3.46. The average Bonchev–Trinajstić information content (AvgIpc) is 2.54. The molecule has 0 heterocycles. The van der Waals surface area contributed by atoms with Crippen LogP contribution in [0.15, 0.2) is 47.4 Å². The summed E-state index contributed by atoms with van der Waals surface area (Å²) in [7, 11) is -4.04. The highest BCUT2D eigenvalue weighted by atomic mass is 32.2. The van der Waals surface area contributed by atoms with Crippen LogP contribution in [0.2, 0.25) is 0 Å². The number of carbonyl (C=O) groups is 1. The van der Waals surface area contributed by atoms with E-state index in [1.54, 1.807) is 25.1 Å².